The summed E-state index contributed by atoms with van der Waals surface area (Å²) in [5, 5.41) is 2.94. The summed E-state index contributed by atoms with van der Waals surface area (Å²) in [6.45, 7) is 6.48. The minimum absolute atomic E-state index is 0.0503. The third kappa shape index (κ3) is 2.98. The lowest BCUT2D eigenvalue weighted by atomic mass is 9.88. The van der Waals surface area contributed by atoms with Gasteiger partial charge < -0.3 is 11.1 Å². The molecule has 0 atom stereocenters. The maximum absolute atomic E-state index is 11.5. The van der Waals surface area contributed by atoms with Crippen LogP contribution in [0, 0.1) is 5.41 Å². The van der Waals surface area contributed by atoms with Crippen molar-refractivity contribution < 1.29 is 4.79 Å². The Bertz CT molecular complexity index is 212. The Morgan fingerprint density at radius 2 is 1.93 bits per heavy atom. The van der Waals surface area contributed by atoms with E-state index in [0.717, 1.165) is 6.54 Å². The van der Waals surface area contributed by atoms with Crippen LogP contribution in [0.5, 0.6) is 0 Å². The zero-order valence-electron chi connectivity index (χ0n) is 9.52. The Morgan fingerprint density at radius 3 is 2.36 bits per heavy atom. The molecule has 0 aromatic heterocycles. The predicted molar refractivity (Wildman–Crippen MR) is 57.9 cm³/mol. The fourth-order valence-electron chi connectivity index (χ4n) is 1.93. The Hall–Kier alpha value is -0.570. The second-order valence-electron chi connectivity index (χ2n) is 5.42. The first-order valence-corrected chi connectivity index (χ1v) is 5.41. The molecule has 14 heavy (non-hydrogen) atoms. The second kappa shape index (κ2) is 3.89. The Morgan fingerprint density at radius 1 is 1.43 bits per heavy atom. The van der Waals surface area contributed by atoms with E-state index < -0.39 is 5.54 Å². The summed E-state index contributed by atoms with van der Waals surface area (Å²) in [4.78, 5) is 11.5. The van der Waals surface area contributed by atoms with Crippen LogP contribution in [-0.2, 0) is 4.79 Å². The minimum atomic E-state index is -0.755. The standard InChI is InChI=1S/C11H22N2O/c1-10(2,12)9(14)13-8-11(3)6-4-5-7-11/h4-8,12H2,1-3H3,(H,13,14). The van der Waals surface area contributed by atoms with E-state index in [4.69, 9.17) is 5.73 Å². The molecule has 1 saturated carbocycles. The number of hydrogen-bond donors (Lipinski definition) is 2. The third-order valence-electron chi connectivity index (χ3n) is 3.07. The van der Waals surface area contributed by atoms with Crippen LogP contribution in [0.1, 0.15) is 46.5 Å². The molecule has 3 N–H and O–H groups in total. The summed E-state index contributed by atoms with van der Waals surface area (Å²) in [6, 6.07) is 0. The zero-order chi connectivity index (χ0) is 10.8. The first kappa shape index (κ1) is 11.5. The summed E-state index contributed by atoms with van der Waals surface area (Å²) >= 11 is 0. The van der Waals surface area contributed by atoms with Gasteiger partial charge in [-0.15, -0.1) is 0 Å². The van der Waals surface area contributed by atoms with Crippen molar-refractivity contribution >= 4 is 5.91 Å². The molecule has 1 fully saturated rings. The number of amides is 1. The summed E-state index contributed by atoms with van der Waals surface area (Å²) in [5.41, 5.74) is 5.25. The number of nitrogens with two attached hydrogens (primary N) is 1. The van der Waals surface area contributed by atoms with Crippen LogP contribution in [0.15, 0.2) is 0 Å². The van der Waals surface area contributed by atoms with E-state index in [0.29, 0.717) is 5.41 Å². The van der Waals surface area contributed by atoms with E-state index in [9.17, 15) is 4.79 Å². The quantitative estimate of drug-likeness (QED) is 0.720. The maximum Gasteiger partial charge on any atom is 0.239 e. The largest absolute Gasteiger partial charge is 0.354 e. The van der Waals surface area contributed by atoms with Crippen molar-refractivity contribution in [1.29, 1.82) is 0 Å². The maximum atomic E-state index is 11.5. The van der Waals surface area contributed by atoms with E-state index >= 15 is 0 Å². The summed E-state index contributed by atoms with van der Waals surface area (Å²) < 4.78 is 0. The molecule has 1 rings (SSSR count). The molecule has 0 unspecified atom stereocenters. The molecule has 0 radical (unpaired) electrons. The highest BCUT2D eigenvalue weighted by Crippen LogP contribution is 2.36. The van der Waals surface area contributed by atoms with E-state index in [-0.39, 0.29) is 5.91 Å². The molecule has 82 valence electrons. The van der Waals surface area contributed by atoms with Crippen LogP contribution >= 0.6 is 0 Å². The second-order valence-corrected chi connectivity index (χ2v) is 5.42. The van der Waals surface area contributed by atoms with Gasteiger partial charge in [0, 0.05) is 6.54 Å². The molecule has 0 spiro atoms. The number of nitrogens with one attached hydrogen (secondary N) is 1. The molecule has 1 amide bonds. The lowest BCUT2D eigenvalue weighted by Crippen LogP contribution is -2.51. The average molecular weight is 198 g/mol. The molecule has 0 aliphatic heterocycles. The Labute approximate surface area is 86.4 Å². The van der Waals surface area contributed by atoms with Gasteiger partial charge in [0.1, 0.15) is 0 Å². The fraction of sp³-hybridized carbons (Fsp3) is 0.909. The topological polar surface area (TPSA) is 55.1 Å². The molecule has 0 aromatic carbocycles. The van der Waals surface area contributed by atoms with Crippen molar-refractivity contribution in [3.63, 3.8) is 0 Å². The lowest BCUT2D eigenvalue weighted by Gasteiger charge is -2.26. The van der Waals surface area contributed by atoms with E-state index in [1.165, 1.54) is 25.7 Å². The van der Waals surface area contributed by atoms with Crippen molar-refractivity contribution in [3.8, 4) is 0 Å². The monoisotopic (exact) mass is 198 g/mol. The lowest BCUT2D eigenvalue weighted by molar-refractivity contribution is -0.125. The smallest absolute Gasteiger partial charge is 0.239 e. The highest BCUT2D eigenvalue weighted by atomic mass is 16.2. The van der Waals surface area contributed by atoms with Crippen LogP contribution in [0.4, 0.5) is 0 Å². The molecule has 0 saturated heterocycles. The molecule has 1 aliphatic rings. The highest BCUT2D eigenvalue weighted by Gasteiger charge is 2.30. The van der Waals surface area contributed by atoms with Gasteiger partial charge in [-0.2, -0.15) is 0 Å². The van der Waals surface area contributed by atoms with E-state index in [2.05, 4.69) is 12.2 Å². The first-order chi connectivity index (χ1) is 6.33. The van der Waals surface area contributed by atoms with Gasteiger partial charge in [0.2, 0.25) is 5.91 Å². The van der Waals surface area contributed by atoms with Crippen LogP contribution in [-0.4, -0.2) is 18.0 Å². The van der Waals surface area contributed by atoms with Crippen molar-refractivity contribution in [1.82, 2.24) is 5.32 Å². The molecule has 1 aliphatic carbocycles. The Balaban J connectivity index is 2.37. The van der Waals surface area contributed by atoms with Crippen molar-refractivity contribution in [2.24, 2.45) is 11.1 Å². The SMILES string of the molecule is CC1(CNC(=O)C(C)(C)N)CCCC1. The first-order valence-electron chi connectivity index (χ1n) is 5.41. The Kier molecular flexibility index (Phi) is 3.20. The number of hydrogen-bond acceptors (Lipinski definition) is 2. The van der Waals surface area contributed by atoms with Gasteiger partial charge in [0.05, 0.1) is 5.54 Å². The van der Waals surface area contributed by atoms with Crippen molar-refractivity contribution in [2.75, 3.05) is 6.54 Å². The van der Waals surface area contributed by atoms with Crippen molar-refractivity contribution in [3.05, 3.63) is 0 Å². The van der Waals surface area contributed by atoms with Crippen LogP contribution in [0.25, 0.3) is 0 Å². The van der Waals surface area contributed by atoms with Gasteiger partial charge in [-0.1, -0.05) is 19.8 Å². The van der Waals surface area contributed by atoms with Gasteiger partial charge in [-0.25, -0.2) is 0 Å². The molecule has 0 bridgehead atoms. The van der Waals surface area contributed by atoms with Crippen LogP contribution < -0.4 is 11.1 Å². The van der Waals surface area contributed by atoms with Gasteiger partial charge >= 0.3 is 0 Å². The molecular weight excluding hydrogens is 176 g/mol. The highest BCUT2D eigenvalue weighted by molar-refractivity contribution is 5.85. The van der Waals surface area contributed by atoms with E-state index in [1.54, 1.807) is 13.8 Å². The summed E-state index contributed by atoms with van der Waals surface area (Å²) in [7, 11) is 0. The summed E-state index contributed by atoms with van der Waals surface area (Å²) in [5.74, 6) is -0.0503. The van der Waals surface area contributed by atoms with Crippen molar-refractivity contribution in [2.45, 2.75) is 52.0 Å². The third-order valence-corrected chi connectivity index (χ3v) is 3.07. The zero-order valence-corrected chi connectivity index (χ0v) is 9.52. The van der Waals surface area contributed by atoms with E-state index in [1.807, 2.05) is 0 Å². The van der Waals surface area contributed by atoms with Gasteiger partial charge in [-0.3, -0.25) is 4.79 Å². The minimum Gasteiger partial charge on any atom is -0.354 e. The number of carbonyl (C=O) groups is 1. The summed E-state index contributed by atoms with van der Waals surface area (Å²) in [6.07, 6.45) is 5.02. The van der Waals surface area contributed by atoms with Gasteiger partial charge in [0.25, 0.3) is 0 Å². The molecule has 3 nitrogen and oxygen atoms in total. The molecular formula is C11H22N2O. The van der Waals surface area contributed by atoms with Gasteiger partial charge in [0.15, 0.2) is 0 Å². The van der Waals surface area contributed by atoms with Gasteiger partial charge in [-0.05, 0) is 32.1 Å². The average Bonchev–Trinajstić information content (AvgIpc) is 2.47. The fourth-order valence-corrected chi connectivity index (χ4v) is 1.93. The molecule has 0 aromatic rings. The van der Waals surface area contributed by atoms with Crippen LogP contribution in [0.2, 0.25) is 0 Å². The van der Waals surface area contributed by atoms with Crippen LogP contribution in [0.3, 0.4) is 0 Å². The molecule has 0 heterocycles. The number of rotatable bonds is 3. The predicted octanol–water partition coefficient (Wildman–Crippen LogP) is 1.42. The molecule has 3 heteroatoms. The normalized spacial score (nSPS) is 20.9. The number of carbonyl (C=O) groups excluding carboxylic acids is 1.